The van der Waals surface area contributed by atoms with Crippen molar-refractivity contribution >= 4 is 14.0 Å². The number of hydrogen-bond donors (Lipinski definition) is 0. The first-order chi connectivity index (χ1) is 10.3. The second-order valence-electron chi connectivity index (χ2n) is 4.77. The number of benzene rings is 2. The zero-order valence-corrected chi connectivity index (χ0v) is 13.6. The van der Waals surface area contributed by atoms with Crippen molar-refractivity contribution in [2.75, 3.05) is 20.8 Å². The van der Waals surface area contributed by atoms with Gasteiger partial charge in [-0.3, -0.25) is 0 Å². The molecule has 0 saturated carbocycles. The Balaban J connectivity index is 1.92. The normalized spacial score (nSPS) is 11.5. The van der Waals surface area contributed by atoms with Crippen LogP contribution in [0.5, 0.6) is 0 Å². The average Bonchev–Trinajstić information content (AvgIpc) is 2.57. The van der Waals surface area contributed by atoms with Gasteiger partial charge in [0.25, 0.3) is 0 Å². The van der Waals surface area contributed by atoms with E-state index in [4.69, 9.17) is 13.3 Å². The summed E-state index contributed by atoms with van der Waals surface area (Å²) in [4.78, 5) is 0. The quantitative estimate of drug-likeness (QED) is 0.554. The highest BCUT2D eigenvalue weighted by atomic mass is 28.4. The van der Waals surface area contributed by atoms with E-state index in [-0.39, 0.29) is 0 Å². The molecule has 2 rings (SSSR count). The van der Waals surface area contributed by atoms with Gasteiger partial charge in [-0.2, -0.15) is 0 Å². The zero-order chi connectivity index (χ0) is 15.0. The van der Waals surface area contributed by atoms with Crippen LogP contribution in [0.3, 0.4) is 0 Å². The average molecular weight is 302 g/mol. The molecule has 0 fully saturated rings. The van der Waals surface area contributed by atoms with Crippen molar-refractivity contribution in [2.24, 2.45) is 0 Å². The maximum absolute atomic E-state index is 6.03. The summed E-state index contributed by atoms with van der Waals surface area (Å²) in [6.07, 6.45) is 1.94. The number of rotatable bonds is 8. The molecule has 0 heterocycles. The Labute approximate surface area is 127 Å². The Morgan fingerprint density at radius 2 is 1.38 bits per heavy atom. The van der Waals surface area contributed by atoms with Crippen molar-refractivity contribution in [1.82, 2.24) is 0 Å². The van der Waals surface area contributed by atoms with Crippen molar-refractivity contribution in [1.29, 1.82) is 0 Å². The molecule has 0 aliphatic rings. The molecule has 0 aliphatic heterocycles. The number of hydrogen-bond acceptors (Lipinski definition) is 3. The van der Waals surface area contributed by atoms with Crippen LogP contribution in [-0.2, 0) is 19.7 Å². The topological polar surface area (TPSA) is 27.7 Å². The molecule has 0 bridgehead atoms. The maximum atomic E-state index is 6.03. The summed E-state index contributed by atoms with van der Waals surface area (Å²) in [5, 5.41) is 0.995. The molecule has 4 heteroatoms. The Hall–Kier alpha value is -1.46. The van der Waals surface area contributed by atoms with Crippen LogP contribution in [-0.4, -0.2) is 29.6 Å². The monoisotopic (exact) mass is 302 g/mol. The predicted molar refractivity (Wildman–Crippen MR) is 86.6 cm³/mol. The fourth-order valence-corrected chi connectivity index (χ4v) is 4.34. The van der Waals surface area contributed by atoms with Crippen LogP contribution >= 0.6 is 0 Å². The minimum atomic E-state index is -2.76. The van der Waals surface area contributed by atoms with E-state index < -0.39 is 8.80 Å². The highest BCUT2D eigenvalue weighted by Gasteiger charge is 2.41. The lowest BCUT2D eigenvalue weighted by Crippen LogP contribution is -2.55. The van der Waals surface area contributed by atoms with E-state index in [0.29, 0.717) is 6.61 Å². The Morgan fingerprint density at radius 1 is 0.810 bits per heavy atom. The van der Waals surface area contributed by atoms with E-state index in [1.807, 2.05) is 36.4 Å². The molecule has 21 heavy (non-hydrogen) atoms. The summed E-state index contributed by atoms with van der Waals surface area (Å²) in [6.45, 7) is 0.623. The molecule has 3 nitrogen and oxygen atoms in total. The van der Waals surface area contributed by atoms with Crippen LogP contribution < -0.4 is 5.19 Å². The van der Waals surface area contributed by atoms with Gasteiger partial charge in [0, 0.05) is 26.0 Å². The molecule has 0 unspecified atom stereocenters. The molecule has 0 radical (unpaired) electrons. The van der Waals surface area contributed by atoms with E-state index in [9.17, 15) is 0 Å². The van der Waals surface area contributed by atoms with Gasteiger partial charge >= 0.3 is 8.80 Å². The summed E-state index contributed by atoms with van der Waals surface area (Å²) in [5.74, 6) is 0. The predicted octanol–water partition coefficient (Wildman–Crippen LogP) is 2.77. The standard InChI is InChI=1S/C17H22O3Si/c1-18-21(19-2,17-13-7-4-8-14-17)20-15-9-12-16-10-5-3-6-11-16/h3-8,10-11,13-14H,9,12,15H2,1-2H3. The third-order valence-corrected chi connectivity index (χ3v) is 6.11. The molecular formula is C17H22O3Si. The van der Waals surface area contributed by atoms with Crippen molar-refractivity contribution in [3.05, 3.63) is 66.2 Å². The van der Waals surface area contributed by atoms with Crippen LogP contribution in [0.4, 0.5) is 0 Å². The summed E-state index contributed by atoms with van der Waals surface area (Å²) >= 11 is 0. The lowest BCUT2D eigenvalue weighted by Gasteiger charge is -2.26. The molecule has 112 valence electrons. The fourth-order valence-electron chi connectivity index (χ4n) is 2.29. The number of aryl methyl sites for hydroxylation is 1. The van der Waals surface area contributed by atoms with E-state index in [2.05, 4.69) is 24.3 Å². The molecule has 0 saturated heterocycles. The SMILES string of the molecule is CO[Si](OC)(OCCCc1ccccc1)c1ccccc1. The van der Waals surface area contributed by atoms with E-state index in [0.717, 1.165) is 18.0 Å². The van der Waals surface area contributed by atoms with Gasteiger partial charge in [0.1, 0.15) is 0 Å². The molecule has 0 N–H and O–H groups in total. The van der Waals surface area contributed by atoms with Crippen LogP contribution in [0.25, 0.3) is 0 Å². The minimum absolute atomic E-state index is 0.623. The summed E-state index contributed by atoms with van der Waals surface area (Å²) in [5.41, 5.74) is 1.32. The van der Waals surface area contributed by atoms with E-state index in [1.165, 1.54) is 5.56 Å². The largest absolute Gasteiger partial charge is 0.536 e. The molecule has 0 amide bonds. The van der Waals surface area contributed by atoms with E-state index in [1.54, 1.807) is 14.2 Å². The molecule has 0 aliphatic carbocycles. The molecule has 0 spiro atoms. The zero-order valence-electron chi connectivity index (χ0n) is 12.6. The van der Waals surface area contributed by atoms with Gasteiger partial charge in [0.2, 0.25) is 0 Å². The van der Waals surface area contributed by atoms with Crippen molar-refractivity contribution in [3.8, 4) is 0 Å². The minimum Gasteiger partial charge on any atom is -0.373 e. The Bertz CT molecular complexity index is 512. The maximum Gasteiger partial charge on any atom is 0.536 e. The lowest BCUT2D eigenvalue weighted by molar-refractivity contribution is 0.112. The first-order valence-corrected chi connectivity index (χ1v) is 8.87. The van der Waals surface area contributed by atoms with Gasteiger partial charge in [-0.05, 0) is 18.4 Å². The molecule has 0 atom stereocenters. The van der Waals surface area contributed by atoms with Gasteiger partial charge in [-0.1, -0.05) is 60.7 Å². The highest BCUT2D eigenvalue weighted by molar-refractivity contribution is 6.75. The van der Waals surface area contributed by atoms with Crippen LogP contribution in [0, 0.1) is 0 Å². The van der Waals surface area contributed by atoms with Gasteiger partial charge in [0.15, 0.2) is 0 Å². The third-order valence-electron chi connectivity index (χ3n) is 3.41. The molecule has 2 aromatic rings. The Kier molecular flexibility index (Phi) is 6.14. The van der Waals surface area contributed by atoms with E-state index >= 15 is 0 Å². The summed E-state index contributed by atoms with van der Waals surface area (Å²) in [6, 6.07) is 20.3. The van der Waals surface area contributed by atoms with Crippen molar-refractivity contribution < 1.29 is 13.3 Å². The second kappa shape index (κ2) is 8.10. The van der Waals surface area contributed by atoms with Gasteiger partial charge in [0.05, 0.1) is 0 Å². The first-order valence-electron chi connectivity index (χ1n) is 7.14. The van der Waals surface area contributed by atoms with Gasteiger partial charge in [-0.25, -0.2) is 0 Å². The first kappa shape index (κ1) is 15.9. The Morgan fingerprint density at radius 3 is 1.95 bits per heavy atom. The third kappa shape index (κ3) is 4.25. The summed E-state index contributed by atoms with van der Waals surface area (Å²) in [7, 11) is 0.548. The molecule has 2 aromatic carbocycles. The lowest BCUT2D eigenvalue weighted by atomic mass is 10.1. The van der Waals surface area contributed by atoms with Gasteiger partial charge < -0.3 is 13.3 Å². The van der Waals surface area contributed by atoms with Crippen molar-refractivity contribution in [3.63, 3.8) is 0 Å². The second-order valence-corrected chi connectivity index (χ2v) is 7.56. The molecule has 0 aromatic heterocycles. The van der Waals surface area contributed by atoms with Crippen molar-refractivity contribution in [2.45, 2.75) is 12.8 Å². The van der Waals surface area contributed by atoms with Crippen LogP contribution in [0.2, 0.25) is 0 Å². The fraction of sp³-hybridized carbons (Fsp3) is 0.294. The summed E-state index contributed by atoms with van der Waals surface area (Å²) < 4.78 is 17.3. The molecular weight excluding hydrogens is 280 g/mol. The van der Waals surface area contributed by atoms with Gasteiger partial charge in [-0.15, -0.1) is 0 Å². The smallest absolute Gasteiger partial charge is 0.373 e. The highest BCUT2D eigenvalue weighted by Crippen LogP contribution is 2.10. The van der Waals surface area contributed by atoms with Crippen LogP contribution in [0.1, 0.15) is 12.0 Å². The van der Waals surface area contributed by atoms with Crippen LogP contribution in [0.15, 0.2) is 60.7 Å².